The third-order valence-corrected chi connectivity index (χ3v) is 3.05. The Morgan fingerprint density at radius 1 is 1.40 bits per heavy atom. The van der Waals surface area contributed by atoms with Gasteiger partial charge in [-0.3, -0.25) is 9.48 Å². The smallest absolute Gasteiger partial charge is 0.272 e. The number of carbonyl (C=O) groups excluding carboxylic acids is 1. The summed E-state index contributed by atoms with van der Waals surface area (Å²) in [6.07, 6.45) is 3.97. The quantitative estimate of drug-likeness (QED) is 0.852. The van der Waals surface area contributed by atoms with Crippen molar-refractivity contribution in [2.45, 2.75) is 6.04 Å². The molecular formula is C12H13FN6O. The molecule has 3 rings (SSSR count). The molecule has 8 heteroatoms. The van der Waals surface area contributed by atoms with Crippen LogP contribution < -0.4 is 10.2 Å². The number of anilines is 1. The highest BCUT2D eigenvalue weighted by atomic mass is 19.1. The Labute approximate surface area is 114 Å². The average molecular weight is 276 g/mol. The molecule has 1 aliphatic rings. The lowest BCUT2D eigenvalue weighted by Crippen LogP contribution is -2.60. The fourth-order valence-electron chi connectivity index (χ4n) is 2.00. The van der Waals surface area contributed by atoms with E-state index in [1.54, 1.807) is 24.0 Å². The van der Waals surface area contributed by atoms with E-state index in [9.17, 15) is 9.18 Å². The summed E-state index contributed by atoms with van der Waals surface area (Å²) in [5.74, 6) is -0.195. The Balaban J connectivity index is 1.53. The first kappa shape index (κ1) is 12.5. The van der Waals surface area contributed by atoms with Crippen LogP contribution in [0.5, 0.6) is 0 Å². The number of hydrogen-bond acceptors (Lipinski definition) is 5. The number of nitrogens with zero attached hydrogens (tertiary/aromatic N) is 5. The summed E-state index contributed by atoms with van der Waals surface area (Å²) in [5.41, 5.74) is 0.393. The predicted octanol–water partition coefficient (Wildman–Crippen LogP) is -0.0322. The lowest BCUT2D eigenvalue weighted by Gasteiger charge is -2.39. The van der Waals surface area contributed by atoms with Gasteiger partial charge in [0.25, 0.3) is 5.91 Å². The van der Waals surface area contributed by atoms with Gasteiger partial charge in [-0.15, -0.1) is 0 Å². The Kier molecular flexibility index (Phi) is 3.05. The summed E-state index contributed by atoms with van der Waals surface area (Å²) in [6, 6.07) is 1.69. The second-order valence-corrected chi connectivity index (χ2v) is 4.65. The molecule has 0 saturated carbocycles. The number of aryl methyl sites for hydroxylation is 1. The van der Waals surface area contributed by atoms with Gasteiger partial charge in [-0.2, -0.15) is 5.10 Å². The minimum absolute atomic E-state index is 0.0261. The van der Waals surface area contributed by atoms with Crippen LogP contribution in [0.2, 0.25) is 0 Å². The van der Waals surface area contributed by atoms with E-state index in [2.05, 4.69) is 20.4 Å². The van der Waals surface area contributed by atoms with E-state index in [0.29, 0.717) is 24.7 Å². The van der Waals surface area contributed by atoms with Gasteiger partial charge in [0.1, 0.15) is 5.69 Å². The van der Waals surface area contributed by atoms with Crippen molar-refractivity contribution >= 4 is 11.9 Å². The summed E-state index contributed by atoms with van der Waals surface area (Å²) in [7, 11) is 1.76. The second-order valence-electron chi connectivity index (χ2n) is 4.65. The minimum Gasteiger partial charge on any atom is -0.344 e. The van der Waals surface area contributed by atoms with E-state index in [4.69, 9.17) is 0 Å². The zero-order valence-electron chi connectivity index (χ0n) is 10.8. The highest BCUT2D eigenvalue weighted by Crippen LogP contribution is 2.15. The molecule has 3 heterocycles. The molecule has 104 valence electrons. The first-order valence-corrected chi connectivity index (χ1v) is 6.15. The van der Waals surface area contributed by atoms with Gasteiger partial charge >= 0.3 is 0 Å². The van der Waals surface area contributed by atoms with Crippen molar-refractivity contribution in [1.82, 2.24) is 25.1 Å². The van der Waals surface area contributed by atoms with Gasteiger partial charge in [-0.05, 0) is 6.07 Å². The SMILES string of the molecule is Cn1ccc(C(=O)NC2CN(c3ncc(F)cn3)C2)n1. The molecule has 0 spiro atoms. The largest absolute Gasteiger partial charge is 0.344 e. The Hall–Kier alpha value is -2.51. The fraction of sp³-hybridized carbons (Fsp3) is 0.333. The molecule has 0 aromatic carbocycles. The molecule has 1 amide bonds. The van der Waals surface area contributed by atoms with Crippen LogP contribution in [0.15, 0.2) is 24.7 Å². The minimum atomic E-state index is -0.464. The molecule has 0 atom stereocenters. The summed E-state index contributed by atoms with van der Waals surface area (Å²) in [5, 5.41) is 6.90. The summed E-state index contributed by atoms with van der Waals surface area (Å²) in [6.45, 7) is 1.20. The van der Waals surface area contributed by atoms with Crippen LogP contribution in [0.4, 0.5) is 10.3 Å². The number of amides is 1. The summed E-state index contributed by atoms with van der Waals surface area (Å²) < 4.78 is 14.3. The van der Waals surface area contributed by atoms with E-state index in [0.717, 1.165) is 12.4 Å². The molecule has 20 heavy (non-hydrogen) atoms. The average Bonchev–Trinajstić information content (AvgIpc) is 2.81. The Morgan fingerprint density at radius 2 is 2.10 bits per heavy atom. The van der Waals surface area contributed by atoms with Crippen LogP contribution in [0.1, 0.15) is 10.5 Å². The molecule has 1 saturated heterocycles. The molecule has 1 N–H and O–H groups in total. The lowest BCUT2D eigenvalue weighted by atomic mass is 10.1. The second kappa shape index (κ2) is 4.87. The molecular weight excluding hydrogens is 263 g/mol. The Morgan fingerprint density at radius 3 is 2.70 bits per heavy atom. The summed E-state index contributed by atoms with van der Waals surface area (Å²) >= 11 is 0. The fourth-order valence-corrected chi connectivity index (χ4v) is 2.00. The molecule has 0 unspecified atom stereocenters. The third kappa shape index (κ3) is 2.44. The van der Waals surface area contributed by atoms with E-state index in [-0.39, 0.29) is 11.9 Å². The zero-order chi connectivity index (χ0) is 14.1. The highest BCUT2D eigenvalue weighted by molar-refractivity contribution is 5.92. The molecule has 1 aliphatic heterocycles. The number of rotatable bonds is 3. The van der Waals surface area contributed by atoms with Gasteiger partial charge in [0, 0.05) is 26.3 Å². The number of aromatic nitrogens is 4. The van der Waals surface area contributed by atoms with Gasteiger partial charge in [-0.1, -0.05) is 0 Å². The van der Waals surface area contributed by atoms with Gasteiger partial charge in [0.2, 0.25) is 5.95 Å². The Bertz CT molecular complexity index is 619. The molecule has 2 aromatic rings. The molecule has 0 aliphatic carbocycles. The molecule has 1 fully saturated rings. The molecule has 2 aromatic heterocycles. The van der Waals surface area contributed by atoms with Crippen molar-refractivity contribution in [3.63, 3.8) is 0 Å². The topological polar surface area (TPSA) is 75.9 Å². The molecule has 7 nitrogen and oxygen atoms in total. The maximum atomic E-state index is 12.7. The van der Waals surface area contributed by atoms with E-state index < -0.39 is 5.82 Å². The van der Waals surface area contributed by atoms with Crippen molar-refractivity contribution in [3.05, 3.63) is 36.2 Å². The first-order chi connectivity index (χ1) is 9.61. The standard InChI is InChI=1S/C12H13FN6O/c1-18-3-2-10(17-18)11(20)16-9-6-19(7-9)12-14-4-8(13)5-15-12/h2-5,9H,6-7H2,1H3,(H,16,20). The van der Waals surface area contributed by atoms with Crippen molar-refractivity contribution < 1.29 is 9.18 Å². The van der Waals surface area contributed by atoms with E-state index in [1.165, 1.54) is 0 Å². The van der Waals surface area contributed by atoms with Gasteiger partial charge < -0.3 is 10.2 Å². The van der Waals surface area contributed by atoms with Crippen LogP contribution in [0, 0.1) is 5.82 Å². The number of halogens is 1. The number of hydrogen-bond donors (Lipinski definition) is 1. The van der Waals surface area contributed by atoms with E-state index >= 15 is 0 Å². The monoisotopic (exact) mass is 276 g/mol. The normalized spacial score (nSPS) is 15.0. The van der Waals surface area contributed by atoms with Crippen molar-refractivity contribution in [2.24, 2.45) is 7.05 Å². The van der Waals surface area contributed by atoms with Crippen LogP contribution in [0.3, 0.4) is 0 Å². The predicted molar refractivity (Wildman–Crippen MR) is 68.7 cm³/mol. The van der Waals surface area contributed by atoms with Crippen LogP contribution in [0.25, 0.3) is 0 Å². The van der Waals surface area contributed by atoms with Crippen molar-refractivity contribution in [1.29, 1.82) is 0 Å². The maximum Gasteiger partial charge on any atom is 0.272 e. The van der Waals surface area contributed by atoms with Crippen LogP contribution in [-0.4, -0.2) is 44.8 Å². The van der Waals surface area contributed by atoms with Crippen LogP contribution in [-0.2, 0) is 7.05 Å². The highest BCUT2D eigenvalue weighted by Gasteiger charge is 2.30. The summed E-state index contributed by atoms with van der Waals surface area (Å²) in [4.78, 5) is 21.5. The zero-order valence-corrected chi connectivity index (χ0v) is 10.8. The van der Waals surface area contributed by atoms with Gasteiger partial charge in [-0.25, -0.2) is 14.4 Å². The van der Waals surface area contributed by atoms with Gasteiger partial charge in [0.15, 0.2) is 5.82 Å². The molecule has 0 bridgehead atoms. The van der Waals surface area contributed by atoms with Crippen molar-refractivity contribution in [2.75, 3.05) is 18.0 Å². The van der Waals surface area contributed by atoms with E-state index in [1.807, 2.05) is 4.90 Å². The first-order valence-electron chi connectivity index (χ1n) is 6.15. The van der Waals surface area contributed by atoms with Crippen molar-refractivity contribution in [3.8, 4) is 0 Å². The number of nitrogens with one attached hydrogen (secondary N) is 1. The van der Waals surface area contributed by atoms with Gasteiger partial charge in [0.05, 0.1) is 18.4 Å². The maximum absolute atomic E-state index is 12.7. The lowest BCUT2D eigenvalue weighted by molar-refractivity contribution is 0.0924. The number of carbonyl (C=O) groups is 1. The molecule has 0 radical (unpaired) electrons. The van der Waals surface area contributed by atoms with Crippen LogP contribution >= 0.6 is 0 Å². The third-order valence-electron chi connectivity index (χ3n) is 3.05.